The molecule has 3 fully saturated rings. The molecule has 1 aliphatic carbocycles. The van der Waals surface area contributed by atoms with Crippen LogP contribution < -0.4 is 4.90 Å². The zero-order valence-electron chi connectivity index (χ0n) is 19.1. The summed E-state index contributed by atoms with van der Waals surface area (Å²) in [6.45, 7) is 13.5. The molecule has 0 radical (unpaired) electrons. The number of morpholine rings is 1. The molecule has 0 aromatic carbocycles. The number of nitrogens with zero attached hydrogens (tertiary/aromatic N) is 6. The first-order chi connectivity index (χ1) is 15.0. The van der Waals surface area contributed by atoms with Crippen molar-refractivity contribution in [1.82, 2.24) is 24.7 Å². The van der Waals surface area contributed by atoms with Gasteiger partial charge in [0.2, 0.25) is 11.9 Å². The lowest BCUT2D eigenvalue weighted by atomic mass is 9.82. The van der Waals surface area contributed by atoms with Crippen molar-refractivity contribution in [3.05, 3.63) is 17.5 Å². The van der Waals surface area contributed by atoms with Crippen LogP contribution in [0.2, 0.25) is 0 Å². The summed E-state index contributed by atoms with van der Waals surface area (Å²) < 4.78 is 5.46. The van der Waals surface area contributed by atoms with Crippen molar-refractivity contribution < 1.29 is 9.53 Å². The Bertz CT molecular complexity index is 797. The molecule has 5 rings (SSSR count). The molecule has 8 heteroatoms. The summed E-state index contributed by atoms with van der Waals surface area (Å²) >= 11 is 0. The number of piperazine rings is 1. The molecule has 170 valence electrons. The summed E-state index contributed by atoms with van der Waals surface area (Å²) in [6.07, 6.45) is 6.02. The summed E-state index contributed by atoms with van der Waals surface area (Å²) in [5.74, 6) is 1.07. The average molecular weight is 429 g/mol. The van der Waals surface area contributed by atoms with E-state index in [9.17, 15) is 4.79 Å². The second-order valence-electron chi connectivity index (χ2n) is 10.2. The van der Waals surface area contributed by atoms with Crippen LogP contribution in [-0.2, 0) is 21.5 Å². The van der Waals surface area contributed by atoms with Crippen LogP contribution in [0.15, 0.2) is 6.20 Å². The van der Waals surface area contributed by atoms with Gasteiger partial charge in [-0.15, -0.1) is 0 Å². The van der Waals surface area contributed by atoms with E-state index in [0.29, 0.717) is 6.54 Å². The number of hydrogen-bond acceptors (Lipinski definition) is 7. The van der Waals surface area contributed by atoms with Gasteiger partial charge >= 0.3 is 0 Å². The van der Waals surface area contributed by atoms with Crippen molar-refractivity contribution in [3.63, 3.8) is 0 Å². The number of rotatable bonds is 4. The normalized spacial score (nSPS) is 25.2. The molecule has 0 atom stereocenters. The number of anilines is 1. The van der Waals surface area contributed by atoms with E-state index in [-0.39, 0.29) is 11.3 Å². The van der Waals surface area contributed by atoms with E-state index in [2.05, 4.69) is 38.4 Å². The molecule has 1 aromatic heterocycles. The Hall–Kier alpha value is -1.77. The van der Waals surface area contributed by atoms with E-state index >= 15 is 0 Å². The van der Waals surface area contributed by atoms with Gasteiger partial charge in [-0.25, -0.2) is 9.97 Å². The Morgan fingerprint density at radius 1 is 1.13 bits per heavy atom. The average Bonchev–Trinajstić information content (AvgIpc) is 2.73. The second kappa shape index (κ2) is 8.64. The van der Waals surface area contributed by atoms with Gasteiger partial charge in [0, 0.05) is 75.6 Å². The predicted molar refractivity (Wildman–Crippen MR) is 119 cm³/mol. The number of hydrogen-bond donors (Lipinski definition) is 0. The summed E-state index contributed by atoms with van der Waals surface area (Å²) in [6, 6.07) is 0.777. The van der Waals surface area contributed by atoms with Crippen molar-refractivity contribution in [2.75, 3.05) is 70.5 Å². The van der Waals surface area contributed by atoms with Crippen LogP contribution in [0.3, 0.4) is 0 Å². The summed E-state index contributed by atoms with van der Waals surface area (Å²) in [5.41, 5.74) is 2.17. The minimum Gasteiger partial charge on any atom is -0.378 e. The van der Waals surface area contributed by atoms with Crippen LogP contribution in [0.25, 0.3) is 0 Å². The standard InChI is InChI=1S/C23H36N6O2/c1-23(2)17-26(16-20(30)28-8-6-27(7-9-28)19-4-3-5-19)15-18-14-24-22(25-21(18)23)29-10-12-31-13-11-29/h14,19H,3-13,15-17H2,1-2H3. The number of ether oxygens (including phenoxy) is 1. The third-order valence-corrected chi connectivity index (χ3v) is 7.42. The first kappa shape index (κ1) is 21.1. The topological polar surface area (TPSA) is 65.0 Å². The van der Waals surface area contributed by atoms with Gasteiger partial charge < -0.3 is 14.5 Å². The molecule has 2 saturated heterocycles. The Morgan fingerprint density at radius 2 is 1.87 bits per heavy atom. The summed E-state index contributed by atoms with van der Waals surface area (Å²) in [4.78, 5) is 31.8. The molecule has 0 bridgehead atoms. The molecule has 4 aliphatic rings. The molecule has 0 N–H and O–H groups in total. The van der Waals surface area contributed by atoms with E-state index < -0.39 is 0 Å². The Kier molecular flexibility index (Phi) is 5.88. The highest BCUT2D eigenvalue weighted by Crippen LogP contribution is 2.33. The van der Waals surface area contributed by atoms with Crippen LogP contribution in [0.4, 0.5) is 5.95 Å². The van der Waals surface area contributed by atoms with E-state index in [1.54, 1.807) is 0 Å². The molecule has 8 nitrogen and oxygen atoms in total. The first-order valence-corrected chi connectivity index (χ1v) is 11.9. The number of amides is 1. The molecule has 1 amide bonds. The number of carbonyl (C=O) groups excluding carboxylic acids is 1. The van der Waals surface area contributed by atoms with Crippen LogP contribution in [0.5, 0.6) is 0 Å². The van der Waals surface area contributed by atoms with E-state index in [1.807, 2.05) is 6.20 Å². The Morgan fingerprint density at radius 3 is 2.55 bits per heavy atom. The zero-order valence-corrected chi connectivity index (χ0v) is 19.1. The molecule has 0 spiro atoms. The van der Waals surface area contributed by atoms with Crippen molar-refractivity contribution in [3.8, 4) is 0 Å². The van der Waals surface area contributed by atoms with Gasteiger partial charge in [0.1, 0.15) is 0 Å². The van der Waals surface area contributed by atoms with Crippen LogP contribution in [0, 0.1) is 0 Å². The minimum absolute atomic E-state index is 0.110. The summed E-state index contributed by atoms with van der Waals surface area (Å²) in [5, 5.41) is 0. The maximum Gasteiger partial charge on any atom is 0.236 e. The van der Waals surface area contributed by atoms with Crippen molar-refractivity contribution >= 4 is 11.9 Å². The van der Waals surface area contributed by atoms with Gasteiger partial charge in [0.15, 0.2) is 0 Å². The molecular weight excluding hydrogens is 392 g/mol. The lowest BCUT2D eigenvalue weighted by molar-refractivity contribution is -0.135. The van der Waals surface area contributed by atoms with E-state index in [0.717, 1.165) is 88.8 Å². The van der Waals surface area contributed by atoms with Crippen molar-refractivity contribution in [2.45, 2.75) is 51.1 Å². The van der Waals surface area contributed by atoms with Crippen LogP contribution in [-0.4, -0.2) is 102 Å². The van der Waals surface area contributed by atoms with Gasteiger partial charge in [-0.05, 0) is 12.8 Å². The Balaban J connectivity index is 1.21. The lowest BCUT2D eigenvalue weighted by Gasteiger charge is -2.44. The SMILES string of the molecule is CC1(C)CN(CC(=O)N2CCN(C3CCC3)CC2)Cc2cnc(N3CCOCC3)nc21. The minimum atomic E-state index is -0.110. The van der Waals surface area contributed by atoms with Crippen molar-refractivity contribution in [2.24, 2.45) is 0 Å². The number of carbonyl (C=O) groups is 1. The summed E-state index contributed by atoms with van der Waals surface area (Å²) in [7, 11) is 0. The molecule has 3 aliphatic heterocycles. The fourth-order valence-corrected chi connectivity index (χ4v) is 5.44. The molecule has 31 heavy (non-hydrogen) atoms. The highest BCUT2D eigenvalue weighted by atomic mass is 16.5. The van der Waals surface area contributed by atoms with Crippen LogP contribution >= 0.6 is 0 Å². The third kappa shape index (κ3) is 4.43. The highest BCUT2D eigenvalue weighted by Gasteiger charge is 2.36. The quantitative estimate of drug-likeness (QED) is 0.712. The number of fused-ring (bicyclic) bond motifs is 1. The smallest absolute Gasteiger partial charge is 0.236 e. The van der Waals surface area contributed by atoms with Crippen LogP contribution in [0.1, 0.15) is 44.4 Å². The van der Waals surface area contributed by atoms with Gasteiger partial charge in [-0.3, -0.25) is 14.6 Å². The lowest BCUT2D eigenvalue weighted by Crippen LogP contribution is -2.55. The van der Waals surface area contributed by atoms with Gasteiger partial charge in [-0.2, -0.15) is 0 Å². The first-order valence-electron chi connectivity index (χ1n) is 11.9. The maximum atomic E-state index is 13.0. The largest absolute Gasteiger partial charge is 0.378 e. The maximum absolute atomic E-state index is 13.0. The zero-order chi connectivity index (χ0) is 21.4. The Labute approximate surface area is 185 Å². The van der Waals surface area contributed by atoms with Gasteiger partial charge in [0.25, 0.3) is 0 Å². The highest BCUT2D eigenvalue weighted by molar-refractivity contribution is 5.78. The van der Waals surface area contributed by atoms with E-state index in [4.69, 9.17) is 9.72 Å². The van der Waals surface area contributed by atoms with Gasteiger partial charge in [-0.1, -0.05) is 20.3 Å². The molecule has 1 aromatic rings. The fraction of sp³-hybridized carbons (Fsp3) is 0.783. The fourth-order valence-electron chi connectivity index (χ4n) is 5.44. The third-order valence-electron chi connectivity index (χ3n) is 7.42. The van der Waals surface area contributed by atoms with E-state index in [1.165, 1.54) is 19.3 Å². The molecule has 4 heterocycles. The molecular formula is C23H36N6O2. The number of aromatic nitrogens is 2. The van der Waals surface area contributed by atoms with Crippen molar-refractivity contribution in [1.29, 1.82) is 0 Å². The second-order valence-corrected chi connectivity index (χ2v) is 10.2. The molecule has 0 unspecified atom stereocenters. The molecule has 1 saturated carbocycles. The predicted octanol–water partition coefficient (Wildman–Crippen LogP) is 1.10. The van der Waals surface area contributed by atoms with Gasteiger partial charge in [0.05, 0.1) is 25.5 Å². The monoisotopic (exact) mass is 428 g/mol.